The van der Waals surface area contributed by atoms with E-state index in [0.717, 1.165) is 43.4 Å². The van der Waals surface area contributed by atoms with Gasteiger partial charge in [0.25, 0.3) is 5.91 Å². The van der Waals surface area contributed by atoms with Gasteiger partial charge in [-0.3, -0.25) is 4.79 Å². The summed E-state index contributed by atoms with van der Waals surface area (Å²) in [5, 5.41) is 12.9. The Hall–Kier alpha value is -2.88. The van der Waals surface area contributed by atoms with Crippen LogP contribution in [0.2, 0.25) is 0 Å². The van der Waals surface area contributed by atoms with Crippen LogP contribution in [-0.4, -0.2) is 114 Å². The topological polar surface area (TPSA) is 140 Å². The average Bonchev–Trinajstić information content (AvgIpc) is 3.31. The number of nitrogens with zero attached hydrogens (tertiary/aromatic N) is 4. The van der Waals surface area contributed by atoms with Crippen LogP contribution in [0.3, 0.4) is 0 Å². The van der Waals surface area contributed by atoms with Crippen LogP contribution in [-0.2, 0) is 32.4 Å². The molecule has 2 aromatic carbocycles. The fourth-order valence-electron chi connectivity index (χ4n) is 8.12. The van der Waals surface area contributed by atoms with Gasteiger partial charge in [-0.1, -0.05) is 18.2 Å². The Morgan fingerprint density at radius 1 is 0.885 bits per heavy atom. The lowest BCUT2D eigenvalue weighted by molar-refractivity contribution is -0.142. The van der Waals surface area contributed by atoms with E-state index < -0.39 is 27.5 Å². The monoisotopic (exact) mass is 865 g/mol. The zero-order valence-corrected chi connectivity index (χ0v) is 33.8. The van der Waals surface area contributed by atoms with Crippen molar-refractivity contribution in [3.05, 3.63) is 56.5 Å². The fraction of sp³-hybridized carbons (Fsp3) is 0.595. The number of sulfonamides is 1. The number of ether oxygens (including phenoxy) is 1. The van der Waals surface area contributed by atoms with Crippen molar-refractivity contribution < 1.29 is 32.6 Å². The summed E-state index contributed by atoms with van der Waals surface area (Å²) in [5.74, 6) is 0.610. The van der Waals surface area contributed by atoms with Gasteiger partial charge in [-0.05, 0) is 132 Å². The molecule has 0 aliphatic carbocycles. The van der Waals surface area contributed by atoms with Crippen LogP contribution in [0.5, 0.6) is 5.75 Å². The van der Waals surface area contributed by atoms with Gasteiger partial charge in [0.05, 0.1) is 14.2 Å². The van der Waals surface area contributed by atoms with E-state index in [1.54, 1.807) is 40.1 Å². The molecule has 4 aliphatic rings. The van der Waals surface area contributed by atoms with Gasteiger partial charge in [0.2, 0.25) is 10.0 Å². The predicted molar refractivity (Wildman–Crippen MR) is 206 cm³/mol. The summed E-state index contributed by atoms with van der Waals surface area (Å²) in [5.41, 5.74) is 2.66. The van der Waals surface area contributed by atoms with Crippen LogP contribution in [0.1, 0.15) is 63.5 Å². The van der Waals surface area contributed by atoms with E-state index in [1.807, 2.05) is 29.2 Å². The van der Waals surface area contributed by atoms with Gasteiger partial charge < -0.3 is 29.9 Å². The molecule has 4 aliphatic heterocycles. The molecule has 4 amide bonds. The highest BCUT2D eigenvalue weighted by Crippen LogP contribution is 2.36. The number of anilines is 1. The van der Waals surface area contributed by atoms with Gasteiger partial charge in [-0.2, -0.15) is 0 Å². The standard InChI is InChI=1S/C37H49Br2N5O7S/c1-24(2)52(49,50)43-18-9-27(10-19-43)26-7-14-41(15-8-26)35(46)33(23-25-21-30(38)34(45)31(39)22-25)51-37(48)42-16-12-29(13-17-42)44-20-11-28-5-3-4-6-32(28)40-36(44)47/h3-6,21-22,24,26-27,29,33,45H,7-20,23H2,1-2H3,(H,40,47)/t33-/m1/s1. The first-order chi connectivity index (χ1) is 24.8. The number of carbonyl (C=O) groups excluding carboxylic acids is 3. The first-order valence-electron chi connectivity index (χ1n) is 18.4. The number of para-hydroxylation sites is 1. The molecule has 3 fully saturated rings. The molecule has 0 radical (unpaired) electrons. The number of piperidine rings is 3. The molecule has 0 saturated carbocycles. The molecular weight excluding hydrogens is 818 g/mol. The van der Waals surface area contributed by atoms with E-state index in [1.165, 1.54) is 0 Å². The van der Waals surface area contributed by atoms with Crippen LogP contribution in [0.4, 0.5) is 15.3 Å². The lowest BCUT2D eigenvalue weighted by Gasteiger charge is -2.41. The number of hydrogen-bond acceptors (Lipinski definition) is 7. The Bertz CT molecular complexity index is 1710. The van der Waals surface area contributed by atoms with Gasteiger partial charge in [0, 0.05) is 64.0 Å². The van der Waals surface area contributed by atoms with Crippen LogP contribution in [0, 0.1) is 11.8 Å². The number of likely N-dealkylation sites (tertiary alicyclic amines) is 2. The Labute approximate surface area is 323 Å². The average molecular weight is 868 g/mol. The number of phenolic OH excluding ortho intramolecular Hbond substituents is 1. The van der Waals surface area contributed by atoms with Crippen molar-refractivity contribution >= 4 is 65.6 Å². The van der Waals surface area contributed by atoms with Crippen LogP contribution >= 0.6 is 31.9 Å². The highest BCUT2D eigenvalue weighted by Gasteiger charge is 2.38. The molecule has 2 aromatic rings. The maximum Gasteiger partial charge on any atom is 0.410 e. The number of urea groups is 1. The van der Waals surface area contributed by atoms with Crippen molar-refractivity contribution in [1.82, 2.24) is 19.0 Å². The molecule has 284 valence electrons. The van der Waals surface area contributed by atoms with Crippen molar-refractivity contribution in [3.8, 4) is 5.75 Å². The van der Waals surface area contributed by atoms with Gasteiger partial charge in [0.1, 0.15) is 5.75 Å². The first kappa shape index (κ1) is 38.8. The molecule has 6 rings (SSSR count). The second-order valence-corrected chi connectivity index (χ2v) is 18.9. The van der Waals surface area contributed by atoms with E-state index in [0.29, 0.717) is 85.0 Å². The van der Waals surface area contributed by atoms with E-state index in [2.05, 4.69) is 37.2 Å². The third-order valence-electron chi connectivity index (χ3n) is 11.3. The zero-order valence-electron chi connectivity index (χ0n) is 29.8. The third-order valence-corrected chi connectivity index (χ3v) is 14.8. The number of nitrogens with one attached hydrogen (secondary N) is 1. The summed E-state index contributed by atoms with van der Waals surface area (Å²) < 4.78 is 33.9. The summed E-state index contributed by atoms with van der Waals surface area (Å²) in [6.45, 7) is 7.00. The van der Waals surface area contributed by atoms with Crippen molar-refractivity contribution in [3.63, 3.8) is 0 Å². The molecular formula is C37H49Br2N5O7S. The molecule has 0 bridgehead atoms. The highest BCUT2D eigenvalue weighted by atomic mass is 79.9. The van der Waals surface area contributed by atoms with E-state index >= 15 is 0 Å². The molecule has 0 aromatic heterocycles. The van der Waals surface area contributed by atoms with Crippen LogP contribution < -0.4 is 5.32 Å². The van der Waals surface area contributed by atoms with Gasteiger partial charge in [-0.25, -0.2) is 22.3 Å². The molecule has 52 heavy (non-hydrogen) atoms. The number of rotatable bonds is 8. The smallest absolute Gasteiger partial charge is 0.410 e. The largest absolute Gasteiger partial charge is 0.506 e. The maximum atomic E-state index is 14.1. The Morgan fingerprint density at radius 2 is 1.46 bits per heavy atom. The van der Waals surface area contributed by atoms with Crippen molar-refractivity contribution in [2.75, 3.05) is 51.1 Å². The molecule has 0 unspecified atom stereocenters. The minimum atomic E-state index is -3.26. The van der Waals surface area contributed by atoms with Gasteiger partial charge >= 0.3 is 12.1 Å². The van der Waals surface area contributed by atoms with E-state index in [-0.39, 0.29) is 30.2 Å². The number of fused-ring (bicyclic) bond motifs is 1. The quantitative estimate of drug-likeness (QED) is 0.322. The number of phenols is 1. The first-order valence-corrected chi connectivity index (χ1v) is 21.5. The molecule has 12 nitrogen and oxygen atoms in total. The summed E-state index contributed by atoms with van der Waals surface area (Å²) >= 11 is 6.75. The highest BCUT2D eigenvalue weighted by molar-refractivity contribution is 9.11. The van der Waals surface area contributed by atoms with Crippen molar-refractivity contribution in [1.29, 1.82) is 0 Å². The van der Waals surface area contributed by atoms with Gasteiger partial charge in [0.15, 0.2) is 6.10 Å². The van der Waals surface area contributed by atoms with Crippen molar-refractivity contribution in [2.45, 2.75) is 82.6 Å². The molecule has 0 spiro atoms. The molecule has 15 heteroatoms. The minimum absolute atomic E-state index is 0.0179. The predicted octanol–water partition coefficient (Wildman–Crippen LogP) is 6.21. The van der Waals surface area contributed by atoms with Crippen LogP contribution in [0.25, 0.3) is 0 Å². The van der Waals surface area contributed by atoms with Crippen molar-refractivity contribution in [2.24, 2.45) is 11.8 Å². The lowest BCUT2D eigenvalue weighted by Crippen LogP contribution is -2.52. The van der Waals surface area contributed by atoms with Crippen LogP contribution in [0.15, 0.2) is 45.3 Å². The summed E-state index contributed by atoms with van der Waals surface area (Å²) in [4.78, 5) is 46.2. The lowest BCUT2D eigenvalue weighted by atomic mass is 9.79. The number of halogens is 2. The second-order valence-electron chi connectivity index (χ2n) is 14.7. The second kappa shape index (κ2) is 16.6. The number of amides is 4. The number of carbonyl (C=O) groups is 3. The number of benzene rings is 2. The minimum Gasteiger partial charge on any atom is -0.506 e. The number of hydrogen-bond donors (Lipinski definition) is 2. The molecule has 1 atom stereocenters. The van der Waals surface area contributed by atoms with E-state index in [4.69, 9.17) is 4.74 Å². The molecule has 4 heterocycles. The zero-order chi connectivity index (χ0) is 37.2. The summed E-state index contributed by atoms with van der Waals surface area (Å²) in [6.07, 6.45) is 3.74. The normalized spacial score (nSPS) is 20.7. The summed E-state index contributed by atoms with van der Waals surface area (Å²) in [6, 6.07) is 11.1. The Kier molecular flexibility index (Phi) is 12.4. The van der Waals surface area contributed by atoms with Gasteiger partial charge in [-0.15, -0.1) is 0 Å². The van der Waals surface area contributed by atoms with E-state index in [9.17, 15) is 27.9 Å². The molecule has 2 N–H and O–H groups in total. The maximum absolute atomic E-state index is 14.1. The third kappa shape index (κ3) is 8.73. The number of aromatic hydroxyl groups is 1. The fourth-order valence-corrected chi connectivity index (χ4v) is 10.7. The SMILES string of the molecule is CC(C)S(=O)(=O)N1CCC(C2CCN(C(=O)[C@@H](Cc3cc(Br)c(O)c(Br)c3)OC(=O)N3CCC(N4CCc5ccccc5NC4=O)CC3)CC2)CC1. The Morgan fingerprint density at radius 3 is 2.08 bits per heavy atom. The summed E-state index contributed by atoms with van der Waals surface area (Å²) in [7, 11) is -3.26. The molecule has 3 saturated heterocycles. The Balaban J connectivity index is 1.06.